The first-order chi connectivity index (χ1) is 14.4. The number of carbonyl (C=O) groups is 1. The minimum Gasteiger partial charge on any atom is -0.325 e. The SMILES string of the molecule is Cc1ccc(NC(=O)C(C)Sc2ncnc3c2cnn3-c2ccc(F)cc2)c(C)c1. The summed E-state index contributed by atoms with van der Waals surface area (Å²) in [5.41, 5.74) is 4.26. The van der Waals surface area contributed by atoms with E-state index in [1.165, 1.54) is 30.2 Å². The van der Waals surface area contributed by atoms with Gasteiger partial charge in [0.2, 0.25) is 5.91 Å². The van der Waals surface area contributed by atoms with E-state index in [2.05, 4.69) is 20.4 Å². The van der Waals surface area contributed by atoms with Crippen LogP contribution in [0.4, 0.5) is 10.1 Å². The molecule has 0 aliphatic heterocycles. The maximum absolute atomic E-state index is 13.2. The van der Waals surface area contributed by atoms with Crippen molar-refractivity contribution in [2.45, 2.75) is 31.0 Å². The Hall–Kier alpha value is -3.26. The summed E-state index contributed by atoms with van der Waals surface area (Å²) in [5.74, 6) is -0.422. The van der Waals surface area contributed by atoms with Crippen LogP contribution in [-0.4, -0.2) is 30.9 Å². The number of rotatable bonds is 5. The van der Waals surface area contributed by atoms with Gasteiger partial charge in [0, 0.05) is 5.69 Å². The maximum atomic E-state index is 13.2. The molecule has 0 radical (unpaired) electrons. The van der Waals surface area contributed by atoms with Crippen LogP contribution in [-0.2, 0) is 4.79 Å². The van der Waals surface area contributed by atoms with Gasteiger partial charge in [0.05, 0.1) is 22.5 Å². The first-order valence-electron chi connectivity index (χ1n) is 9.42. The number of halogens is 1. The third-order valence-corrected chi connectivity index (χ3v) is 5.81. The Labute approximate surface area is 177 Å². The standard InChI is InChI=1S/C22H20FN5OS/c1-13-4-9-19(14(2)10-13)27-21(29)15(3)30-22-18-11-26-28(20(18)24-12-25-22)17-7-5-16(23)6-8-17/h4-12,15H,1-3H3,(H,27,29). The van der Waals surface area contributed by atoms with Gasteiger partial charge in [-0.15, -0.1) is 0 Å². The lowest BCUT2D eigenvalue weighted by Crippen LogP contribution is -2.23. The zero-order chi connectivity index (χ0) is 21.3. The van der Waals surface area contributed by atoms with Crippen molar-refractivity contribution in [2.75, 3.05) is 5.32 Å². The fraction of sp³-hybridized carbons (Fsp3) is 0.182. The summed E-state index contributed by atoms with van der Waals surface area (Å²) in [6.07, 6.45) is 3.11. The third-order valence-electron chi connectivity index (χ3n) is 4.70. The Morgan fingerprint density at radius 3 is 2.63 bits per heavy atom. The third kappa shape index (κ3) is 4.04. The molecule has 0 aliphatic rings. The molecular formula is C22H20FN5OS. The Balaban J connectivity index is 1.56. The van der Waals surface area contributed by atoms with Crippen LogP contribution in [0.15, 0.2) is 60.0 Å². The van der Waals surface area contributed by atoms with Gasteiger partial charge in [0.15, 0.2) is 5.65 Å². The summed E-state index contributed by atoms with van der Waals surface area (Å²) in [6.45, 7) is 5.82. The van der Waals surface area contributed by atoms with Crippen LogP contribution in [0.25, 0.3) is 16.7 Å². The number of benzene rings is 2. The molecular weight excluding hydrogens is 401 g/mol. The van der Waals surface area contributed by atoms with E-state index in [4.69, 9.17) is 0 Å². The van der Waals surface area contributed by atoms with Crippen LogP contribution in [0.2, 0.25) is 0 Å². The second kappa shape index (κ2) is 8.23. The van der Waals surface area contributed by atoms with Crippen LogP contribution in [0.1, 0.15) is 18.1 Å². The number of thioether (sulfide) groups is 1. The summed E-state index contributed by atoms with van der Waals surface area (Å²) in [5, 5.41) is 8.38. The minimum absolute atomic E-state index is 0.107. The zero-order valence-electron chi connectivity index (χ0n) is 16.8. The summed E-state index contributed by atoms with van der Waals surface area (Å²) in [4.78, 5) is 21.4. The van der Waals surface area contributed by atoms with Gasteiger partial charge in [0.25, 0.3) is 0 Å². The number of hydrogen-bond donors (Lipinski definition) is 1. The quantitative estimate of drug-likeness (QED) is 0.374. The number of aromatic nitrogens is 4. The number of carbonyl (C=O) groups excluding carboxylic acids is 1. The van der Waals surface area contributed by atoms with Crippen LogP contribution >= 0.6 is 11.8 Å². The molecule has 8 heteroatoms. The van der Waals surface area contributed by atoms with E-state index in [1.807, 2.05) is 39.0 Å². The van der Waals surface area contributed by atoms with Crippen LogP contribution in [0.3, 0.4) is 0 Å². The van der Waals surface area contributed by atoms with Gasteiger partial charge in [-0.05, 0) is 56.7 Å². The van der Waals surface area contributed by atoms with Gasteiger partial charge in [-0.2, -0.15) is 5.10 Å². The van der Waals surface area contributed by atoms with Gasteiger partial charge in [-0.25, -0.2) is 19.0 Å². The van der Waals surface area contributed by atoms with Gasteiger partial charge >= 0.3 is 0 Å². The molecule has 2 aromatic heterocycles. The molecule has 2 aromatic carbocycles. The molecule has 0 saturated carbocycles. The average molecular weight is 422 g/mol. The predicted molar refractivity (Wildman–Crippen MR) is 116 cm³/mol. The zero-order valence-corrected chi connectivity index (χ0v) is 17.6. The van der Waals surface area contributed by atoms with Gasteiger partial charge in [0.1, 0.15) is 17.2 Å². The Kier molecular flexibility index (Phi) is 5.50. The molecule has 0 spiro atoms. The summed E-state index contributed by atoms with van der Waals surface area (Å²) < 4.78 is 14.9. The molecule has 4 aromatic rings. The second-order valence-electron chi connectivity index (χ2n) is 7.02. The lowest BCUT2D eigenvalue weighted by Gasteiger charge is -2.14. The van der Waals surface area contributed by atoms with Gasteiger partial charge in [-0.3, -0.25) is 4.79 Å². The molecule has 0 fully saturated rings. The lowest BCUT2D eigenvalue weighted by atomic mass is 10.1. The van der Waals surface area contributed by atoms with Crippen molar-refractivity contribution in [3.63, 3.8) is 0 Å². The Morgan fingerprint density at radius 1 is 1.13 bits per heavy atom. The number of hydrogen-bond acceptors (Lipinski definition) is 5. The summed E-state index contributed by atoms with van der Waals surface area (Å²) in [7, 11) is 0. The molecule has 1 unspecified atom stereocenters. The molecule has 2 heterocycles. The average Bonchev–Trinajstić information content (AvgIpc) is 3.16. The van der Waals surface area contributed by atoms with Crippen molar-refractivity contribution < 1.29 is 9.18 Å². The monoisotopic (exact) mass is 421 g/mol. The first kappa shape index (κ1) is 20.0. The number of fused-ring (bicyclic) bond motifs is 1. The Bertz CT molecular complexity index is 1220. The highest BCUT2D eigenvalue weighted by Gasteiger charge is 2.19. The minimum atomic E-state index is -0.377. The largest absolute Gasteiger partial charge is 0.325 e. The lowest BCUT2D eigenvalue weighted by molar-refractivity contribution is -0.115. The Morgan fingerprint density at radius 2 is 1.90 bits per heavy atom. The molecule has 1 atom stereocenters. The number of aryl methyl sites for hydroxylation is 2. The highest BCUT2D eigenvalue weighted by Crippen LogP contribution is 2.29. The van der Waals surface area contributed by atoms with E-state index in [9.17, 15) is 9.18 Å². The van der Waals surface area contributed by atoms with Crippen LogP contribution in [0.5, 0.6) is 0 Å². The molecule has 30 heavy (non-hydrogen) atoms. The van der Waals surface area contributed by atoms with E-state index in [1.54, 1.807) is 23.0 Å². The van der Waals surface area contributed by atoms with Crippen molar-refractivity contribution in [1.82, 2.24) is 19.7 Å². The molecule has 0 aliphatic carbocycles. The van der Waals surface area contributed by atoms with Gasteiger partial charge < -0.3 is 5.32 Å². The number of nitrogens with zero attached hydrogens (tertiary/aromatic N) is 4. The molecule has 152 valence electrons. The van der Waals surface area contributed by atoms with E-state index < -0.39 is 0 Å². The summed E-state index contributed by atoms with van der Waals surface area (Å²) in [6, 6.07) is 11.9. The number of anilines is 1. The highest BCUT2D eigenvalue weighted by molar-refractivity contribution is 8.00. The fourth-order valence-electron chi connectivity index (χ4n) is 3.10. The van der Waals surface area contributed by atoms with E-state index >= 15 is 0 Å². The smallest absolute Gasteiger partial charge is 0.237 e. The predicted octanol–water partition coefficient (Wildman–Crippen LogP) is 4.69. The van der Waals surface area contributed by atoms with E-state index in [-0.39, 0.29) is 17.0 Å². The second-order valence-corrected chi connectivity index (χ2v) is 8.35. The van der Waals surface area contributed by atoms with E-state index in [0.717, 1.165) is 22.2 Å². The number of nitrogens with one attached hydrogen (secondary N) is 1. The van der Waals surface area contributed by atoms with E-state index in [0.29, 0.717) is 16.4 Å². The van der Waals surface area contributed by atoms with Crippen molar-refractivity contribution in [2.24, 2.45) is 0 Å². The normalized spacial score (nSPS) is 12.1. The fourth-order valence-corrected chi connectivity index (χ4v) is 3.98. The maximum Gasteiger partial charge on any atom is 0.237 e. The highest BCUT2D eigenvalue weighted by atomic mass is 32.2. The van der Waals surface area contributed by atoms with Crippen molar-refractivity contribution in [3.8, 4) is 5.69 Å². The summed E-state index contributed by atoms with van der Waals surface area (Å²) >= 11 is 1.34. The molecule has 6 nitrogen and oxygen atoms in total. The molecule has 0 saturated heterocycles. The molecule has 4 rings (SSSR count). The topological polar surface area (TPSA) is 72.7 Å². The first-order valence-corrected chi connectivity index (χ1v) is 10.3. The van der Waals surface area contributed by atoms with Crippen LogP contribution < -0.4 is 5.32 Å². The molecule has 1 N–H and O–H groups in total. The molecule has 0 bridgehead atoms. The van der Waals surface area contributed by atoms with Crippen molar-refractivity contribution in [3.05, 3.63) is 71.9 Å². The number of amides is 1. The molecule has 1 amide bonds. The van der Waals surface area contributed by atoms with Gasteiger partial charge in [-0.1, -0.05) is 29.5 Å². The van der Waals surface area contributed by atoms with Crippen molar-refractivity contribution >= 4 is 34.4 Å². The van der Waals surface area contributed by atoms with Crippen molar-refractivity contribution in [1.29, 1.82) is 0 Å². The van der Waals surface area contributed by atoms with Crippen LogP contribution in [0, 0.1) is 19.7 Å².